The molecular weight excluding hydrogens is 262 g/mol. The van der Waals surface area contributed by atoms with Crippen LogP contribution in [0.15, 0.2) is 18.3 Å². The molecule has 0 radical (unpaired) electrons. The van der Waals surface area contributed by atoms with Crippen molar-refractivity contribution in [3.63, 3.8) is 0 Å². The van der Waals surface area contributed by atoms with E-state index in [-0.39, 0.29) is 5.60 Å². The molecule has 4 heteroatoms. The SMILES string of the molecule is CCN(CC)C1N2CCC(CC2)C12Cc1cccnc1O2. The third-order valence-corrected chi connectivity index (χ3v) is 5.77. The molecule has 21 heavy (non-hydrogen) atoms. The fourth-order valence-electron chi connectivity index (χ4n) is 4.80. The number of fused-ring (bicyclic) bond motifs is 3. The standard InChI is InChI=1S/C17H25N3O/c1-3-19(4-2)16-17(14-7-10-20(16)11-8-14)12-13-6-5-9-18-15(13)21-17/h5-6,9,14,16H,3-4,7-8,10-12H2,1-2H3. The highest BCUT2D eigenvalue weighted by atomic mass is 16.5. The molecule has 3 saturated heterocycles. The summed E-state index contributed by atoms with van der Waals surface area (Å²) >= 11 is 0. The van der Waals surface area contributed by atoms with Gasteiger partial charge >= 0.3 is 0 Å². The van der Waals surface area contributed by atoms with Gasteiger partial charge in [0.1, 0.15) is 11.8 Å². The van der Waals surface area contributed by atoms with Crippen molar-refractivity contribution >= 4 is 0 Å². The predicted octanol–water partition coefficient (Wildman–Crippen LogP) is 2.15. The fourth-order valence-corrected chi connectivity index (χ4v) is 4.80. The Morgan fingerprint density at radius 1 is 1.33 bits per heavy atom. The van der Waals surface area contributed by atoms with Crippen LogP contribution < -0.4 is 4.74 Å². The van der Waals surface area contributed by atoms with E-state index in [1.54, 1.807) is 0 Å². The van der Waals surface area contributed by atoms with Crippen LogP contribution >= 0.6 is 0 Å². The molecule has 5 rings (SSSR count). The topological polar surface area (TPSA) is 28.6 Å². The normalized spacial score (nSPS) is 37.0. The Kier molecular flexibility index (Phi) is 3.19. The van der Waals surface area contributed by atoms with Crippen molar-refractivity contribution < 1.29 is 4.74 Å². The second-order valence-electron chi connectivity index (χ2n) is 6.61. The van der Waals surface area contributed by atoms with Crippen molar-refractivity contribution in [2.75, 3.05) is 26.2 Å². The van der Waals surface area contributed by atoms with Gasteiger partial charge < -0.3 is 4.74 Å². The molecule has 1 spiro atoms. The summed E-state index contributed by atoms with van der Waals surface area (Å²) in [7, 11) is 0. The lowest BCUT2D eigenvalue weighted by Crippen LogP contribution is -2.73. The minimum Gasteiger partial charge on any atom is -0.467 e. The van der Waals surface area contributed by atoms with E-state index in [9.17, 15) is 0 Å². The average molecular weight is 287 g/mol. The lowest BCUT2D eigenvalue weighted by Gasteiger charge is -2.59. The Labute approximate surface area is 127 Å². The molecule has 0 aliphatic carbocycles. The molecular formula is C17H25N3O. The summed E-state index contributed by atoms with van der Waals surface area (Å²) in [5.74, 6) is 1.55. The van der Waals surface area contributed by atoms with E-state index in [2.05, 4.69) is 34.7 Å². The summed E-state index contributed by atoms with van der Waals surface area (Å²) in [5.41, 5.74) is 1.22. The van der Waals surface area contributed by atoms with E-state index >= 15 is 0 Å². The third kappa shape index (κ3) is 1.85. The van der Waals surface area contributed by atoms with Gasteiger partial charge in [-0.3, -0.25) is 9.80 Å². The summed E-state index contributed by atoms with van der Waals surface area (Å²) in [6.45, 7) is 9.14. The van der Waals surface area contributed by atoms with E-state index in [1.807, 2.05) is 12.3 Å². The zero-order valence-electron chi connectivity index (χ0n) is 13.1. The molecule has 5 heterocycles. The minimum absolute atomic E-state index is 0.0702. The molecule has 114 valence electrons. The van der Waals surface area contributed by atoms with Crippen molar-refractivity contribution in [3.05, 3.63) is 23.9 Å². The molecule has 1 aromatic rings. The highest BCUT2D eigenvalue weighted by Gasteiger charge is 2.60. The number of ether oxygens (including phenoxy) is 1. The van der Waals surface area contributed by atoms with Crippen molar-refractivity contribution in [3.8, 4) is 5.88 Å². The Balaban J connectivity index is 1.75. The van der Waals surface area contributed by atoms with Gasteiger partial charge in [0, 0.05) is 37.2 Å². The maximum absolute atomic E-state index is 6.57. The number of rotatable bonds is 3. The molecule has 0 saturated carbocycles. The van der Waals surface area contributed by atoms with Crippen molar-refractivity contribution in [1.29, 1.82) is 0 Å². The average Bonchev–Trinajstić information content (AvgIpc) is 2.90. The monoisotopic (exact) mass is 287 g/mol. The molecule has 0 amide bonds. The second-order valence-corrected chi connectivity index (χ2v) is 6.61. The molecule has 4 nitrogen and oxygen atoms in total. The summed E-state index contributed by atoms with van der Waals surface area (Å²) in [5, 5.41) is 0. The van der Waals surface area contributed by atoms with Gasteiger partial charge in [0.15, 0.2) is 0 Å². The maximum atomic E-state index is 6.57. The van der Waals surface area contributed by atoms with Crippen LogP contribution in [0.5, 0.6) is 5.88 Å². The van der Waals surface area contributed by atoms with Gasteiger partial charge in [-0.15, -0.1) is 0 Å². The van der Waals surface area contributed by atoms with Gasteiger partial charge in [0.25, 0.3) is 0 Å². The van der Waals surface area contributed by atoms with E-state index in [0.29, 0.717) is 12.1 Å². The van der Waals surface area contributed by atoms with Crippen LogP contribution in [0.25, 0.3) is 0 Å². The van der Waals surface area contributed by atoms with Crippen LogP contribution in [-0.2, 0) is 6.42 Å². The van der Waals surface area contributed by atoms with Crippen molar-refractivity contribution in [2.24, 2.45) is 5.92 Å². The predicted molar refractivity (Wildman–Crippen MR) is 82.3 cm³/mol. The summed E-state index contributed by atoms with van der Waals surface area (Å²) < 4.78 is 6.57. The quantitative estimate of drug-likeness (QED) is 0.852. The molecule has 0 N–H and O–H groups in total. The van der Waals surface area contributed by atoms with Gasteiger partial charge in [0.2, 0.25) is 5.88 Å². The molecule has 0 aromatic carbocycles. The van der Waals surface area contributed by atoms with E-state index in [0.717, 1.165) is 25.4 Å². The first-order chi connectivity index (χ1) is 10.3. The van der Waals surface area contributed by atoms with Gasteiger partial charge in [-0.1, -0.05) is 19.9 Å². The number of aromatic nitrogens is 1. The third-order valence-electron chi connectivity index (χ3n) is 5.77. The largest absolute Gasteiger partial charge is 0.467 e. The Hall–Kier alpha value is -1.13. The molecule has 4 aliphatic rings. The van der Waals surface area contributed by atoms with E-state index in [4.69, 9.17) is 4.74 Å². The summed E-state index contributed by atoms with van der Waals surface area (Å²) in [6, 6.07) is 4.23. The zero-order chi connectivity index (χ0) is 14.4. The summed E-state index contributed by atoms with van der Waals surface area (Å²) in [4.78, 5) is 9.71. The molecule has 1 aromatic heterocycles. The van der Waals surface area contributed by atoms with E-state index in [1.165, 1.54) is 31.5 Å². The Bertz CT molecular complexity index is 494. The van der Waals surface area contributed by atoms with Crippen LogP contribution in [0.3, 0.4) is 0 Å². The Morgan fingerprint density at radius 3 is 2.76 bits per heavy atom. The first kappa shape index (κ1) is 13.5. The second kappa shape index (κ2) is 4.96. The van der Waals surface area contributed by atoms with Crippen molar-refractivity contribution in [1.82, 2.24) is 14.8 Å². The lowest BCUT2D eigenvalue weighted by molar-refractivity contribution is -0.180. The first-order valence-electron chi connectivity index (χ1n) is 8.39. The number of piperidine rings is 3. The van der Waals surface area contributed by atoms with Crippen LogP contribution in [0, 0.1) is 5.92 Å². The number of likely N-dealkylation sites (N-methyl/N-ethyl adjacent to an activating group) is 1. The van der Waals surface area contributed by atoms with Gasteiger partial charge in [-0.05, 0) is 32.0 Å². The fraction of sp³-hybridized carbons (Fsp3) is 0.706. The van der Waals surface area contributed by atoms with Crippen LogP contribution in [0.1, 0.15) is 32.3 Å². The maximum Gasteiger partial charge on any atom is 0.217 e. The minimum atomic E-state index is -0.0702. The zero-order valence-corrected chi connectivity index (χ0v) is 13.1. The molecule has 3 fully saturated rings. The van der Waals surface area contributed by atoms with Crippen molar-refractivity contribution in [2.45, 2.75) is 44.9 Å². The number of nitrogens with zero attached hydrogens (tertiary/aromatic N) is 3. The van der Waals surface area contributed by atoms with Gasteiger partial charge in [0.05, 0.1) is 0 Å². The van der Waals surface area contributed by atoms with E-state index < -0.39 is 0 Å². The number of pyridine rings is 1. The molecule has 4 aliphatic heterocycles. The molecule has 2 atom stereocenters. The van der Waals surface area contributed by atoms with Crippen LogP contribution in [0.2, 0.25) is 0 Å². The molecule has 2 unspecified atom stereocenters. The highest BCUT2D eigenvalue weighted by molar-refractivity contribution is 5.35. The first-order valence-corrected chi connectivity index (χ1v) is 8.39. The smallest absolute Gasteiger partial charge is 0.217 e. The molecule has 2 bridgehead atoms. The number of hydrogen-bond acceptors (Lipinski definition) is 4. The lowest BCUT2D eigenvalue weighted by atomic mass is 9.70. The van der Waals surface area contributed by atoms with Gasteiger partial charge in [-0.25, -0.2) is 4.98 Å². The number of hydrogen-bond donors (Lipinski definition) is 0. The highest BCUT2D eigenvalue weighted by Crippen LogP contribution is 2.50. The summed E-state index contributed by atoms with van der Waals surface area (Å²) in [6.07, 6.45) is 5.83. The van der Waals surface area contributed by atoms with Crippen LogP contribution in [-0.4, -0.2) is 52.7 Å². The van der Waals surface area contributed by atoms with Gasteiger partial charge in [-0.2, -0.15) is 0 Å². The van der Waals surface area contributed by atoms with Crippen LogP contribution in [0.4, 0.5) is 0 Å². The Morgan fingerprint density at radius 2 is 2.10 bits per heavy atom.